The third kappa shape index (κ3) is 9.81. The van der Waals surface area contributed by atoms with E-state index in [0.717, 1.165) is 24.0 Å². The van der Waals surface area contributed by atoms with E-state index >= 15 is 0 Å². The second kappa shape index (κ2) is 15.0. The summed E-state index contributed by atoms with van der Waals surface area (Å²) in [6.07, 6.45) is 1.22. The van der Waals surface area contributed by atoms with Gasteiger partial charge in [0.2, 0.25) is 17.6 Å². The molecule has 10 nitrogen and oxygen atoms in total. The molecule has 0 radical (unpaired) electrons. The Morgan fingerprint density at radius 3 is 2.35 bits per heavy atom. The minimum Gasteiger partial charge on any atom is -0.441 e. The lowest BCUT2D eigenvalue weighted by Gasteiger charge is -2.26. The van der Waals surface area contributed by atoms with E-state index in [-0.39, 0.29) is 30.7 Å². The van der Waals surface area contributed by atoms with Crippen LogP contribution in [-0.4, -0.2) is 54.3 Å². The van der Waals surface area contributed by atoms with Crippen LogP contribution in [-0.2, 0) is 30.3 Å². The number of halogens is 1. The zero-order chi connectivity index (χ0) is 30.9. The van der Waals surface area contributed by atoms with Crippen LogP contribution in [0.2, 0.25) is 5.02 Å². The van der Waals surface area contributed by atoms with Crippen molar-refractivity contribution in [2.75, 3.05) is 6.54 Å². The molecule has 0 spiro atoms. The van der Waals surface area contributed by atoms with Crippen molar-refractivity contribution in [1.82, 2.24) is 21.3 Å². The molecule has 1 saturated carbocycles. The van der Waals surface area contributed by atoms with Gasteiger partial charge in [-0.2, -0.15) is 0 Å². The lowest BCUT2D eigenvalue weighted by Crippen LogP contribution is -2.55. The minimum absolute atomic E-state index is 0.000331. The summed E-state index contributed by atoms with van der Waals surface area (Å²) in [5.41, 5.74) is 1.64. The van der Waals surface area contributed by atoms with Gasteiger partial charge in [-0.15, -0.1) is 0 Å². The van der Waals surface area contributed by atoms with Gasteiger partial charge >= 0.3 is 6.09 Å². The van der Waals surface area contributed by atoms with Crippen molar-refractivity contribution in [3.8, 4) is 0 Å². The number of rotatable bonds is 14. The molecule has 0 bridgehead atoms. The third-order valence-electron chi connectivity index (χ3n) is 7.50. The molecule has 11 heteroatoms. The summed E-state index contributed by atoms with van der Waals surface area (Å²) in [4.78, 5) is 64.8. The quantitative estimate of drug-likeness (QED) is 0.241. The second-order valence-corrected chi connectivity index (χ2v) is 12.1. The lowest BCUT2D eigenvalue weighted by atomic mass is 9.94. The third-order valence-corrected chi connectivity index (χ3v) is 7.73. The number of benzene rings is 2. The highest BCUT2D eigenvalue weighted by atomic mass is 35.5. The van der Waals surface area contributed by atoms with Crippen molar-refractivity contribution in [2.45, 2.75) is 76.6 Å². The highest BCUT2D eigenvalue weighted by Crippen LogP contribution is 2.25. The molecule has 1 saturated heterocycles. The number of amides is 4. The molecule has 2 aromatic carbocycles. The van der Waals surface area contributed by atoms with Gasteiger partial charge in [0.05, 0.1) is 6.04 Å². The fraction of sp³-hybridized carbons (Fsp3) is 0.469. The largest absolute Gasteiger partial charge is 0.441 e. The Hall–Kier alpha value is -3.92. The van der Waals surface area contributed by atoms with E-state index in [1.165, 1.54) is 0 Å². The summed E-state index contributed by atoms with van der Waals surface area (Å²) in [5.74, 6) is -2.96. The Balaban J connectivity index is 1.47. The Kier molecular flexibility index (Phi) is 11.2. The van der Waals surface area contributed by atoms with Crippen LogP contribution in [0.3, 0.4) is 0 Å². The van der Waals surface area contributed by atoms with E-state index in [4.69, 9.17) is 16.3 Å². The highest BCUT2D eigenvalue weighted by Gasteiger charge is 2.37. The molecular formula is C32H39ClN4O6. The number of carbonyl (C=O) groups excluding carboxylic acids is 5. The molecule has 1 heterocycles. The summed E-state index contributed by atoms with van der Waals surface area (Å²) in [6.45, 7) is 4.26. The second-order valence-electron chi connectivity index (χ2n) is 11.7. The van der Waals surface area contributed by atoms with Gasteiger partial charge in [-0.05, 0) is 61.3 Å². The van der Waals surface area contributed by atoms with Crippen LogP contribution in [0.4, 0.5) is 4.79 Å². The van der Waals surface area contributed by atoms with Gasteiger partial charge in [-0.25, -0.2) is 4.79 Å². The van der Waals surface area contributed by atoms with Crippen LogP contribution < -0.4 is 21.3 Å². The van der Waals surface area contributed by atoms with E-state index in [9.17, 15) is 24.0 Å². The first-order valence-electron chi connectivity index (χ1n) is 14.8. The van der Waals surface area contributed by atoms with Gasteiger partial charge in [-0.3, -0.25) is 19.2 Å². The van der Waals surface area contributed by atoms with Crippen molar-refractivity contribution in [3.63, 3.8) is 0 Å². The van der Waals surface area contributed by atoms with Crippen molar-refractivity contribution >= 4 is 41.2 Å². The number of ketones is 1. The number of hydrogen-bond acceptors (Lipinski definition) is 6. The van der Waals surface area contributed by atoms with Gasteiger partial charge in [0.1, 0.15) is 12.1 Å². The summed E-state index contributed by atoms with van der Waals surface area (Å²) < 4.78 is 5.85. The maximum Gasteiger partial charge on any atom is 0.408 e. The molecule has 4 N–H and O–H groups in total. The molecule has 1 aliphatic carbocycles. The maximum atomic E-state index is 13.5. The zero-order valence-electron chi connectivity index (χ0n) is 24.4. The number of carbonyl (C=O) groups is 5. The predicted octanol–water partition coefficient (Wildman–Crippen LogP) is 3.62. The minimum atomic E-state index is -1.22. The SMILES string of the molecule is CC(C)CC(NC(=O)OC(Cc1cccc(Cl)c1)c1ccccc1)C(=O)NC(C[C@@H]1CCNC1=O)C(=O)C(=O)NC1CC1. The first-order chi connectivity index (χ1) is 20.6. The Morgan fingerprint density at radius 2 is 1.72 bits per heavy atom. The van der Waals surface area contributed by atoms with Crippen molar-refractivity contribution < 1.29 is 28.7 Å². The first-order valence-corrected chi connectivity index (χ1v) is 15.2. The van der Waals surface area contributed by atoms with Gasteiger partial charge in [0.15, 0.2) is 0 Å². The average Bonchev–Trinajstić information content (AvgIpc) is 3.70. The molecule has 230 valence electrons. The molecule has 3 unspecified atom stereocenters. The number of Topliss-reactive ketones (excluding diaryl/α,β-unsaturated/α-hetero) is 1. The number of alkyl carbamates (subject to hydrolysis) is 1. The zero-order valence-corrected chi connectivity index (χ0v) is 25.2. The fourth-order valence-corrected chi connectivity index (χ4v) is 5.30. The van der Waals surface area contributed by atoms with E-state index in [1.807, 2.05) is 56.3 Å². The Morgan fingerprint density at radius 1 is 0.977 bits per heavy atom. The van der Waals surface area contributed by atoms with E-state index in [0.29, 0.717) is 24.4 Å². The smallest absolute Gasteiger partial charge is 0.408 e. The average molecular weight is 611 g/mol. The lowest BCUT2D eigenvalue weighted by molar-refractivity contribution is -0.141. The molecule has 4 amide bonds. The fourth-order valence-electron chi connectivity index (χ4n) is 5.08. The molecule has 2 aromatic rings. The van der Waals surface area contributed by atoms with Crippen LogP contribution in [0.5, 0.6) is 0 Å². The van der Waals surface area contributed by atoms with Crippen molar-refractivity contribution in [2.24, 2.45) is 11.8 Å². The monoisotopic (exact) mass is 610 g/mol. The predicted molar refractivity (Wildman–Crippen MR) is 161 cm³/mol. The Labute approximate surface area is 256 Å². The van der Waals surface area contributed by atoms with Gasteiger partial charge < -0.3 is 26.0 Å². The molecule has 1 aliphatic heterocycles. The van der Waals surface area contributed by atoms with Crippen LogP contribution in [0.15, 0.2) is 54.6 Å². The van der Waals surface area contributed by atoms with Crippen molar-refractivity contribution in [3.05, 3.63) is 70.7 Å². The van der Waals surface area contributed by atoms with Crippen LogP contribution >= 0.6 is 11.6 Å². The molecule has 4 rings (SSSR count). The molecule has 2 aliphatic rings. The van der Waals surface area contributed by atoms with Crippen molar-refractivity contribution in [1.29, 1.82) is 0 Å². The van der Waals surface area contributed by atoms with E-state index in [1.54, 1.807) is 12.1 Å². The Bertz CT molecular complexity index is 1320. The van der Waals surface area contributed by atoms with Gasteiger partial charge in [-0.1, -0.05) is 67.9 Å². The van der Waals surface area contributed by atoms with Crippen LogP contribution in [0, 0.1) is 11.8 Å². The number of ether oxygens (including phenoxy) is 1. The summed E-state index contributed by atoms with van der Waals surface area (Å²) >= 11 is 6.17. The molecule has 43 heavy (non-hydrogen) atoms. The topological polar surface area (TPSA) is 143 Å². The van der Waals surface area contributed by atoms with E-state index in [2.05, 4.69) is 21.3 Å². The van der Waals surface area contributed by atoms with Gasteiger partial charge in [0.25, 0.3) is 5.91 Å². The highest BCUT2D eigenvalue weighted by molar-refractivity contribution is 6.38. The first kappa shape index (κ1) is 32.0. The molecule has 2 fully saturated rings. The van der Waals surface area contributed by atoms with Gasteiger partial charge in [0, 0.05) is 29.9 Å². The maximum absolute atomic E-state index is 13.5. The summed E-state index contributed by atoms with van der Waals surface area (Å²) in [5, 5.41) is 11.3. The van der Waals surface area contributed by atoms with Crippen LogP contribution in [0.1, 0.15) is 63.2 Å². The summed E-state index contributed by atoms with van der Waals surface area (Å²) in [6, 6.07) is 14.2. The van der Waals surface area contributed by atoms with Crippen LogP contribution in [0.25, 0.3) is 0 Å². The molecule has 0 aromatic heterocycles. The van der Waals surface area contributed by atoms with E-state index < -0.39 is 47.8 Å². The molecule has 4 atom stereocenters. The molecular weight excluding hydrogens is 572 g/mol. The normalized spacial score (nSPS) is 18.2. The number of nitrogens with one attached hydrogen (secondary N) is 4. The standard InChI is InChI=1S/C32H39ClN4O6/c1-19(2)15-26(30(40)36-25(18-22-13-14-34-29(22)39)28(38)31(41)35-24-11-12-24)37-32(42)43-27(21-8-4-3-5-9-21)17-20-7-6-10-23(33)16-20/h3-10,16,19,22,24-27H,11-15,17-18H2,1-2H3,(H,34,39)(H,35,41)(H,36,40)(H,37,42)/t22-,25?,26?,27?/m0/s1. The summed E-state index contributed by atoms with van der Waals surface area (Å²) in [7, 11) is 0. The number of hydrogen-bond donors (Lipinski definition) is 4.